The average Bonchev–Trinajstić information content (AvgIpc) is 3.38. The van der Waals surface area contributed by atoms with Gasteiger partial charge in [0.05, 0.1) is 4.88 Å². The minimum Gasteiger partial charge on any atom is -0.361 e. The van der Waals surface area contributed by atoms with Gasteiger partial charge in [0.25, 0.3) is 5.91 Å². The molecule has 3 aromatic rings. The minimum atomic E-state index is -0.0374. The Hall–Kier alpha value is -2.11. The van der Waals surface area contributed by atoms with Crippen molar-refractivity contribution in [2.45, 2.75) is 51.5 Å². The smallest absolute Gasteiger partial charge is 0.265 e. The van der Waals surface area contributed by atoms with E-state index in [2.05, 4.69) is 47.4 Å². The number of hydrogen-bond acceptors (Lipinski definition) is 3. The molecule has 4 rings (SSSR count). The van der Waals surface area contributed by atoms with Crippen LogP contribution in [0.15, 0.2) is 41.9 Å². The lowest BCUT2D eigenvalue weighted by Gasteiger charge is -2.36. The molecule has 1 aliphatic heterocycles. The average molecular weight is 396 g/mol. The van der Waals surface area contributed by atoms with Crippen molar-refractivity contribution in [1.82, 2.24) is 9.88 Å². The van der Waals surface area contributed by atoms with Gasteiger partial charge in [-0.05, 0) is 80.4 Å². The maximum absolute atomic E-state index is 12.4. The molecule has 1 fully saturated rings. The van der Waals surface area contributed by atoms with Crippen LogP contribution in [0, 0.1) is 0 Å². The number of nitrogens with zero attached hydrogens (tertiary/aromatic N) is 1. The number of anilines is 1. The van der Waals surface area contributed by atoms with Crippen molar-refractivity contribution in [3.63, 3.8) is 0 Å². The first-order chi connectivity index (χ1) is 13.7. The molecule has 4 nitrogen and oxygen atoms in total. The summed E-state index contributed by atoms with van der Waals surface area (Å²) in [5, 5.41) is 6.21. The van der Waals surface area contributed by atoms with Gasteiger partial charge in [-0.15, -0.1) is 11.3 Å². The highest BCUT2D eigenvalue weighted by atomic mass is 32.1. The number of fused-ring (bicyclic) bond motifs is 1. The van der Waals surface area contributed by atoms with Crippen LogP contribution in [0.1, 0.15) is 60.7 Å². The van der Waals surface area contributed by atoms with Gasteiger partial charge in [0.1, 0.15) is 0 Å². The second kappa shape index (κ2) is 8.50. The number of carbonyl (C=O) groups excluding carboxylic acids is 1. The predicted octanol–water partition coefficient (Wildman–Crippen LogP) is 5.85. The summed E-state index contributed by atoms with van der Waals surface area (Å²) in [5.41, 5.74) is 3.40. The van der Waals surface area contributed by atoms with Crippen LogP contribution in [0.2, 0.25) is 0 Å². The number of likely N-dealkylation sites (tertiary alicyclic amines) is 1. The molecule has 1 amide bonds. The normalized spacial score (nSPS) is 17.1. The number of benzene rings is 1. The number of thiophene rings is 1. The first-order valence-electron chi connectivity index (χ1n) is 10.4. The topological polar surface area (TPSA) is 48.1 Å². The Bertz CT molecular complexity index is 923. The maximum atomic E-state index is 12.4. The Balaban J connectivity index is 1.48. The number of aromatic amines is 1. The molecule has 3 heterocycles. The van der Waals surface area contributed by atoms with Crippen LogP contribution in [-0.2, 0) is 0 Å². The third kappa shape index (κ3) is 4.01. The zero-order valence-corrected chi connectivity index (χ0v) is 17.5. The second-order valence-corrected chi connectivity index (χ2v) is 8.83. The molecule has 0 aliphatic carbocycles. The quantitative estimate of drug-likeness (QED) is 0.550. The van der Waals surface area contributed by atoms with Gasteiger partial charge >= 0.3 is 0 Å². The molecule has 1 saturated heterocycles. The Morgan fingerprint density at radius 3 is 2.86 bits per heavy atom. The van der Waals surface area contributed by atoms with Crippen LogP contribution in [0.4, 0.5) is 5.69 Å². The Kier molecular flexibility index (Phi) is 5.83. The van der Waals surface area contributed by atoms with E-state index in [1.165, 1.54) is 61.1 Å². The van der Waals surface area contributed by atoms with E-state index in [4.69, 9.17) is 0 Å². The summed E-state index contributed by atoms with van der Waals surface area (Å²) in [6, 6.07) is 10.6. The van der Waals surface area contributed by atoms with Crippen molar-refractivity contribution in [1.29, 1.82) is 0 Å². The van der Waals surface area contributed by atoms with Crippen molar-refractivity contribution in [2.24, 2.45) is 0 Å². The summed E-state index contributed by atoms with van der Waals surface area (Å²) in [4.78, 5) is 19.2. The molecule has 0 spiro atoms. The van der Waals surface area contributed by atoms with Crippen molar-refractivity contribution in [3.05, 3.63) is 52.3 Å². The van der Waals surface area contributed by atoms with Crippen LogP contribution in [0.25, 0.3) is 10.9 Å². The summed E-state index contributed by atoms with van der Waals surface area (Å²) in [6.07, 6.45) is 7.11. The molecule has 0 radical (unpaired) electrons. The molecular formula is C23H29N3OS. The number of rotatable bonds is 6. The lowest BCUT2D eigenvalue weighted by atomic mass is 9.88. The van der Waals surface area contributed by atoms with Crippen molar-refractivity contribution in [3.8, 4) is 0 Å². The maximum Gasteiger partial charge on any atom is 0.265 e. The number of amides is 1. The predicted molar refractivity (Wildman–Crippen MR) is 118 cm³/mol. The van der Waals surface area contributed by atoms with E-state index in [-0.39, 0.29) is 5.91 Å². The molecule has 1 atom stereocenters. The highest BCUT2D eigenvalue weighted by molar-refractivity contribution is 7.12. The van der Waals surface area contributed by atoms with Crippen molar-refractivity contribution >= 4 is 33.8 Å². The van der Waals surface area contributed by atoms with Gasteiger partial charge < -0.3 is 15.2 Å². The number of carbonyl (C=O) groups is 1. The van der Waals surface area contributed by atoms with Crippen molar-refractivity contribution < 1.29 is 4.79 Å². The van der Waals surface area contributed by atoms with E-state index in [1.807, 2.05) is 23.6 Å². The molecule has 0 bridgehead atoms. The fourth-order valence-electron chi connectivity index (χ4n) is 4.41. The SMILES string of the molecule is CCCC(C)N1CCC(c2c[nH]c3ccc(NC(=O)c4cccs4)cc23)CC1. The third-order valence-corrected chi connectivity index (χ3v) is 6.88. The molecule has 2 N–H and O–H groups in total. The van der Waals surface area contributed by atoms with Gasteiger partial charge in [0, 0.05) is 28.8 Å². The Labute approximate surface area is 170 Å². The summed E-state index contributed by atoms with van der Waals surface area (Å²) in [7, 11) is 0. The standard InChI is InChI=1S/C23H29N3OS/c1-3-5-16(2)26-11-9-17(10-12-26)20-15-24-21-8-7-18(14-19(20)21)25-23(27)22-6-4-13-28-22/h4,6-8,13-17,24H,3,5,9-12H2,1-2H3,(H,25,27). The molecule has 2 aromatic heterocycles. The van der Waals surface area contributed by atoms with Crippen LogP contribution >= 0.6 is 11.3 Å². The molecular weight excluding hydrogens is 366 g/mol. The number of aromatic nitrogens is 1. The van der Waals surface area contributed by atoms with Gasteiger partial charge in [-0.2, -0.15) is 0 Å². The number of piperidine rings is 1. The first-order valence-corrected chi connectivity index (χ1v) is 11.2. The van der Waals surface area contributed by atoms with Crippen LogP contribution < -0.4 is 5.32 Å². The number of H-pyrrole nitrogens is 1. The van der Waals surface area contributed by atoms with E-state index in [9.17, 15) is 4.79 Å². The third-order valence-electron chi connectivity index (χ3n) is 6.02. The molecule has 5 heteroatoms. The van der Waals surface area contributed by atoms with Gasteiger partial charge in [0.2, 0.25) is 0 Å². The monoisotopic (exact) mass is 395 g/mol. The van der Waals surface area contributed by atoms with Gasteiger partial charge in [0.15, 0.2) is 0 Å². The Morgan fingerprint density at radius 2 is 2.14 bits per heavy atom. The van der Waals surface area contributed by atoms with E-state index >= 15 is 0 Å². The van der Waals surface area contributed by atoms with Crippen LogP contribution in [-0.4, -0.2) is 34.9 Å². The second-order valence-electron chi connectivity index (χ2n) is 7.88. The molecule has 148 valence electrons. The lowest BCUT2D eigenvalue weighted by molar-refractivity contribution is 0.103. The summed E-state index contributed by atoms with van der Waals surface area (Å²) < 4.78 is 0. The number of hydrogen-bond donors (Lipinski definition) is 2. The fraction of sp³-hybridized carbons (Fsp3) is 0.435. The fourth-order valence-corrected chi connectivity index (χ4v) is 5.03. The zero-order valence-electron chi connectivity index (χ0n) is 16.7. The van der Waals surface area contributed by atoms with Crippen molar-refractivity contribution in [2.75, 3.05) is 18.4 Å². The highest BCUT2D eigenvalue weighted by Crippen LogP contribution is 2.35. The number of nitrogens with one attached hydrogen (secondary N) is 2. The lowest BCUT2D eigenvalue weighted by Crippen LogP contribution is -2.39. The van der Waals surface area contributed by atoms with E-state index in [0.717, 1.165) is 16.1 Å². The minimum absolute atomic E-state index is 0.0374. The van der Waals surface area contributed by atoms with Gasteiger partial charge in [-0.1, -0.05) is 19.4 Å². The van der Waals surface area contributed by atoms with E-state index in [0.29, 0.717) is 12.0 Å². The molecule has 0 saturated carbocycles. The Morgan fingerprint density at radius 1 is 1.32 bits per heavy atom. The molecule has 28 heavy (non-hydrogen) atoms. The highest BCUT2D eigenvalue weighted by Gasteiger charge is 2.25. The zero-order chi connectivity index (χ0) is 19.5. The largest absolute Gasteiger partial charge is 0.361 e. The molecule has 1 aromatic carbocycles. The molecule has 1 aliphatic rings. The van der Waals surface area contributed by atoms with Crippen LogP contribution in [0.5, 0.6) is 0 Å². The van der Waals surface area contributed by atoms with Gasteiger partial charge in [-0.3, -0.25) is 4.79 Å². The first kappa shape index (κ1) is 19.2. The van der Waals surface area contributed by atoms with E-state index < -0.39 is 0 Å². The van der Waals surface area contributed by atoms with Crippen LogP contribution in [0.3, 0.4) is 0 Å². The summed E-state index contributed by atoms with van der Waals surface area (Å²) in [6.45, 7) is 6.97. The summed E-state index contributed by atoms with van der Waals surface area (Å²) in [5.74, 6) is 0.548. The van der Waals surface area contributed by atoms with E-state index in [1.54, 1.807) is 0 Å². The van der Waals surface area contributed by atoms with Gasteiger partial charge in [-0.25, -0.2) is 0 Å². The molecule has 1 unspecified atom stereocenters. The summed E-state index contributed by atoms with van der Waals surface area (Å²) >= 11 is 1.46.